The molecule has 0 radical (unpaired) electrons. The highest BCUT2D eigenvalue weighted by Crippen LogP contribution is 2.63. The van der Waals surface area contributed by atoms with Gasteiger partial charge in [0, 0.05) is 17.8 Å². The van der Waals surface area contributed by atoms with Gasteiger partial charge < -0.3 is 0 Å². The van der Waals surface area contributed by atoms with E-state index >= 15 is 0 Å². The molecule has 6 aliphatic rings. The maximum Gasteiger partial charge on any atom is 0.00963 e. The molecule has 6 unspecified atom stereocenters. The van der Waals surface area contributed by atoms with Crippen LogP contribution in [0.15, 0.2) is 126 Å². The second-order valence-corrected chi connectivity index (χ2v) is 16.2. The normalized spacial score (nSPS) is 26.0. The van der Waals surface area contributed by atoms with Gasteiger partial charge in [-0.1, -0.05) is 132 Å². The van der Waals surface area contributed by atoms with Gasteiger partial charge in [0.15, 0.2) is 0 Å². The Morgan fingerprint density at radius 3 is 2.22 bits per heavy atom. The lowest BCUT2D eigenvalue weighted by atomic mass is 9.61. The van der Waals surface area contributed by atoms with Crippen LogP contribution in [0.25, 0.3) is 55.8 Å². The Balaban J connectivity index is 1.08. The van der Waals surface area contributed by atoms with Crippen LogP contribution in [0.4, 0.5) is 0 Å². The van der Waals surface area contributed by atoms with Gasteiger partial charge in [0.2, 0.25) is 0 Å². The standard InChI is InChI=1S/C50H42/c1-27-11-15-33(29(3)21-27)31-13-17-35-39-7-5-9-41-37-19-20-38-42-10-6-8-40-36-18-14-32(34-16-12-28(2)22-30(34)4)24-44(36)48(50(40)42)26-46(38)45(37)25-47(49(39)41)43(35)23-31/h5-13,15-17,19-26,36,38,42,44,46,50H,14,18H2,1-4H3. The van der Waals surface area contributed by atoms with Gasteiger partial charge in [-0.25, -0.2) is 0 Å². The van der Waals surface area contributed by atoms with Crippen LogP contribution < -0.4 is 0 Å². The Morgan fingerprint density at radius 1 is 0.600 bits per heavy atom. The molecule has 6 atom stereocenters. The van der Waals surface area contributed by atoms with Crippen molar-refractivity contribution in [1.29, 1.82) is 0 Å². The summed E-state index contributed by atoms with van der Waals surface area (Å²) in [7, 11) is 0. The van der Waals surface area contributed by atoms with Gasteiger partial charge in [0.05, 0.1) is 0 Å². The topological polar surface area (TPSA) is 0 Å². The summed E-state index contributed by atoms with van der Waals surface area (Å²) in [6.07, 6.45) is 20.4. The van der Waals surface area contributed by atoms with Gasteiger partial charge in [0.25, 0.3) is 0 Å². The van der Waals surface area contributed by atoms with Gasteiger partial charge in [-0.3, -0.25) is 0 Å². The highest BCUT2D eigenvalue weighted by atomic mass is 14.6. The summed E-state index contributed by atoms with van der Waals surface area (Å²) in [6, 6.07) is 30.7. The third kappa shape index (κ3) is 3.88. The van der Waals surface area contributed by atoms with Crippen molar-refractivity contribution in [2.75, 3.05) is 0 Å². The molecule has 0 heteroatoms. The fourth-order valence-electron chi connectivity index (χ4n) is 11.3. The van der Waals surface area contributed by atoms with E-state index in [0.29, 0.717) is 35.5 Å². The molecule has 0 nitrogen and oxygen atoms in total. The molecule has 0 aliphatic heterocycles. The molecule has 0 amide bonds. The zero-order valence-corrected chi connectivity index (χ0v) is 29.4. The number of aryl methyl sites for hydroxylation is 4. The molecule has 0 spiro atoms. The summed E-state index contributed by atoms with van der Waals surface area (Å²) in [5.41, 5.74) is 23.0. The SMILES string of the molecule is Cc1ccc(C2=CC3C4=CC5c6cc7c8c(cccc8c6C=CC5C5C=CC=C(C3CC2)C45)-c2ccc(-c3ccc(C)cc3C)cc2-7)c(C)c1. The van der Waals surface area contributed by atoms with Crippen LogP contribution in [0.5, 0.6) is 0 Å². The molecule has 0 heterocycles. The van der Waals surface area contributed by atoms with Crippen molar-refractivity contribution in [2.24, 2.45) is 29.6 Å². The minimum absolute atomic E-state index is 0.379. The Kier molecular flexibility index (Phi) is 5.94. The molecule has 242 valence electrons. The van der Waals surface area contributed by atoms with Crippen LogP contribution in [-0.2, 0) is 0 Å². The van der Waals surface area contributed by atoms with Crippen LogP contribution in [0.2, 0.25) is 0 Å². The first-order chi connectivity index (χ1) is 24.4. The summed E-state index contributed by atoms with van der Waals surface area (Å²) in [6.45, 7) is 8.94. The predicted octanol–water partition coefficient (Wildman–Crippen LogP) is 12.9. The number of allylic oxidation sites excluding steroid dienone is 9. The number of hydrogen-bond donors (Lipinski definition) is 0. The van der Waals surface area contributed by atoms with E-state index in [-0.39, 0.29) is 0 Å². The Bertz CT molecular complexity index is 2510. The molecule has 0 N–H and O–H groups in total. The summed E-state index contributed by atoms with van der Waals surface area (Å²) in [5.74, 6) is 3.05. The molecule has 0 aromatic heterocycles. The van der Waals surface area contributed by atoms with Crippen molar-refractivity contribution in [3.05, 3.63) is 165 Å². The van der Waals surface area contributed by atoms with E-state index in [1.54, 1.807) is 16.7 Å². The second kappa shape index (κ2) is 10.3. The summed E-state index contributed by atoms with van der Waals surface area (Å²) >= 11 is 0. The van der Waals surface area contributed by atoms with E-state index in [4.69, 9.17) is 0 Å². The lowest BCUT2D eigenvalue weighted by Gasteiger charge is -2.42. The van der Waals surface area contributed by atoms with Crippen LogP contribution in [0.1, 0.15) is 57.7 Å². The van der Waals surface area contributed by atoms with Crippen molar-refractivity contribution >= 4 is 22.4 Å². The zero-order valence-electron chi connectivity index (χ0n) is 29.4. The maximum atomic E-state index is 2.78. The molecule has 0 saturated heterocycles. The first-order valence-electron chi connectivity index (χ1n) is 18.8. The van der Waals surface area contributed by atoms with E-state index in [0.717, 1.165) is 0 Å². The molecule has 50 heavy (non-hydrogen) atoms. The quantitative estimate of drug-likeness (QED) is 0.165. The molecule has 1 fully saturated rings. The first kappa shape index (κ1) is 28.9. The van der Waals surface area contributed by atoms with E-state index in [2.05, 4.69) is 149 Å². The Hall–Kier alpha value is -4.94. The minimum Gasteiger partial charge on any atom is -0.0799 e. The molecule has 0 bridgehead atoms. The second-order valence-electron chi connectivity index (χ2n) is 16.2. The van der Waals surface area contributed by atoms with Crippen molar-refractivity contribution in [2.45, 2.75) is 46.5 Å². The summed E-state index contributed by atoms with van der Waals surface area (Å²) in [4.78, 5) is 0. The van der Waals surface area contributed by atoms with Crippen molar-refractivity contribution < 1.29 is 0 Å². The molecular weight excluding hydrogens is 601 g/mol. The monoisotopic (exact) mass is 642 g/mol. The van der Waals surface area contributed by atoms with Crippen molar-refractivity contribution in [3.8, 4) is 33.4 Å². The fourth-order valence-corrected chi connectivity index (χ4v) is 11.3. The van der Waals surface area contributed by atoms with Gasteiger partial charge in [-0.2, -0.15) is 0 Å². The smallest absolute Gasteiger partial charge is 0.00963 e. The molecule has 6 aliphatic carbocycles. The minimum atomic E-state index is 0.379. The number of benzene rings is 5. The fraction of sp³-hybridized carbons (Fsp3) is 0.240. The van der Waals surface area contributed by atoms with Gasteiger partial charge >= 0.3 is 0 Å². The highest BCUT2D eigenvalue weighted by Gasteiger charge is 2.52. The van der Waals surface area contributed by atoms with E-state index in [1.165, 1.54) is 95.9 Å². The van der Waals surface area contributed by atoms with Crippen LogP contribution >= 0.6 is 0 Å². The van der Waals surface area contributed by atoms with Crippen LogP contribution in [-0.4, -0.2) is 0 Å². The molecule has 5 aromatic rings. The lowest BCUT2D eigenvalue weighted by molar-refractivity contribution is 0.344. The van der Waals surface area contributed by atoms with Crippen molar-refractivity contribution in [3.63, 3.8) is 0 Å². The van der Waals surface area contributed by atoms with Gasteiger partial charge in [0.1, 0.15) is 0 Å². The largest absolute Gasteiger partial charge is 0.0799 e. The third-order valence-corrected chi connectivity index (χ3v) is 13.4. The summed E-state index contributed by atoms with van der Waals surface area (Å²) in [5, 5.41) is 2.84. The van der Waals surface area contributed by atoms with Crippen LogP contribution in [0, 0.1) is 57.3 Å². The average Bonchev–Trinajstić information content (AvgIpc) is 3.61. The van der Waals surface area contributed by atoms with Crippen molar-refractivity contribution in [1.82, 2.24) is 0 Å². The number of hydrogen-bond acceptors (Lipinski definition) is 0. The third-order valence-electron chi connectivity index (χ3n) is 13.4. The number of rotatable bonds is 2. The van der Waals surface area contributed by atoms with E-state index in [9.17, 15) is 0 Å². The zero-order chi connectivity index (χ0) is 33.4. The predicted molar refractivity (Wildman–Crippen MR) is 211 cm³/mol. The maximum absolute atomic E-state index is 2.78. The highest BCUT2D eigenvalue weighted by molar-refractivity contribution is 6.18. The first-order valence-corrected chi connectivity index (χ1v) is 18.8. The molecule has 11 rings (SSSR count). The molecule has 1 saturated carbocycles. The Morgan fingerprint density at radius 2 is 1.40 bits per heavy atom. The number of fused-ring (bicyclic) bond motifs is 11. The van der Waals surface area contributed by atoms with Gasteiger partial charge in [-0.05, 0) is 148 Å². The Labute approximate surface area is 296 Å². The molecule has 5 aromatic carbocycles. The van der Waals surface area contributed by atoms with Crippen LogP contribution in [0.3, 0.4) is 0 Å². The van der Waals surface area contributed by atoms with Gasteiger partial charge in [-0.15, -0.1) is 0 Å². The molecular formula is C50H42. The van der Waals surface area contributed by atoms with E-state index in [1.807, 2.05) is 0 Å². The average molecular weight is 643 g/mol. The van der Waals surface area contributed by atoms with E-state index < -0.39 is 0 Å². The summed E-state index contributed by atoms with van der Waals surface area (Å²) < 4.78 is 0. The lowest BCUT2D eigenvalue weighted by Crippen LogP contribution is -2.33.